The highest BCUT2D eigenvalue weighted by molar-refractivity contribution is 9.10. The molecule has 0 aliphatic rings. The lowest BCUT2D eigenvalue weighted by molar-refractivity contribution is 0.112. The van der Waals surface area contributed by atoms with Crippen molar-refractivity contribution >= 4 is 22.2 Å². The lowest BCUT2D eigenvalue weighted by atomic mass is 10.2. The van der Waals surface area contributed by atoms with Gasteiger partial charge < -0.3 is 4.74 Å². The number of carbonyl (C=O) groups excluding carboxylic acids is 1. The first-order chi connectivity index (χ1) is 8.78. The number of aldehydes is 1. The zero-order valence-corrected chi connectivity index (χ0v) is 11.4. The fourth-order valence-electron chi connectivity index (χ4n) is 1.66. The van der Waals surface area contributed by atoms with Crippen molar-refractivity contribution in [1.82, 2.24) is 0 Å². The summed E-state index contributed by atoms with van der Waals surface area (Å²) in [4.78, 5) is 10.6. The highest BCUT2D eigenvalue weighted by Gasteiger charge is 1.98. The number of rotatable bonds is 5. The third kappa shape index (κ3) is 3.70. The van der Waals surface area contributed by atoms with Gasteiger partial charge in [0, 0.05) is 16.5 Å². The van der Waals surface area contributed by atoms with E-state index in [0.29, 0.717) is 12.2 Å². The molecule has 0 saturated heterocycles. The van der Waals surface area contributed by atoms with Crippen molar-refractivity contribution < 1.29 is 9.53 Å². The van der Waals surface area contributed by atoms with Gasteiger partial charge in [0.05, 0.1) is 6.61 Å². The van der Waals surface area contributed by atoms with Gasteiger partial charge in [0.2, 0.25) is 0 Å². The molecule has 3 heteroatoms. The lowest BCUT2D eigenvalue weighted by Gasteiger charge is -2.06. The van der Waals surface area contributed by atoms with E-state index in [1.165, 1.54) is 5.56 Å². The van der Waals surface area contributed by atoms with Gasteiger partial charge in [-0.25, -0.2) is 0 Å². The number of hydrogen-bond acceptors (Lipinski definition) is 2. The van der Waals surface area contributed by atoms with E-state index in [0.717, 1.165) is 22.9 Å². The third-order valence-electron chi connectivity index (χ3n) is 2.54. The van der Waals surface area contributed by atoms with E-state index < -0.39 is 0 Å². The molecule has 0 radical (unpaired) electrons. The summed E-state index contributed by atoms with van der Waals surface area (Å²) >= 11 is 3.44. The highest BCUT2D eigenvalue weighted by atomic mass is 79.9. The Morgan fingerprint density at radius 1 is 1.11 bits per heavy atom. The SMILES string of the molecule is O=Cc1cccc(OCCc2cccc(Br)c2)c1. The van der Waals surface area contributed by atoms with Crippen molar-refractivity contribution in [1.29, 1.82) is 0 Å². The molecule has 0 unspecified atom stereocenters. The van der Waals surface area contributed by atoms with E-state index in [4.69, 9.17) is 4.74 Å². The van der Waals surface area contributed by atoms with Gasteiger partial charge in [-0.15, -0.1) is 0 Å². The molecule has 0 N–H and O–H groups in total. The molecule has 92 valence electrons. The molecule has 0 aromatic heterocycles. The Labute approximate surface area is 115 Å². The van der Waals surface area contributed by atoms with Crippen LogP contribution in [-0.4, -0.2) is 12.9 Å². The highest BCUT2D eigenvalue weighted by Crippen LogP contribution is 2.14. The second-order valence-corrected chi connectivity index (χ2v) is 4.83. The van der Waals surface area contributed by atoms with Crippen LogP contribution in [0.25, 0.3) is 0 Å². The molecule has 0 heterocycles. The van der Waals surface area contributed by atoms with Gasteiger partial charge in [-0.2, -0.15) is 0 Å². The van der Waals surface area contributed by atoms with Crippen LogP contribution in [0.4, 0.5) is 0 Å². The van der Waals surface area contributed by atoms with Crippen molar-refractivity contribution in [2.45, 2.75) is 6.42 Å². The Balaban J connectivity index is 1.90. The van der Waals surface area contributed by atoms with E-state index in [1.54, 1.807) is 12.1 Å². The largest absolute Gasteiger partial charge is 0.493 e. The second-order valence-electron chi connectivity index (χ2n) is 3.92. The van der Waals surface area contributed by atoms with Crippen LogP contribution >= 0.6 is 15.9 Å². The third-order valence-corrected chi connectivity index (χ3v) is 3.04. The van der Waals surface area contributed by atoms with Gasteiger partial charge in [-0.1, -0.05) is 40.2 Å². The first-order valence-corrected chi connectivity index (χ1v) is 6.50. The topological polar surface area (TPSA) is 26.3 Å². The number of halogens is 1. The maximum absolute atomic E-state index is 10.6. The number of ether oxygens (including phenoxy) is 1. The molecule has 0 bridgehead atoms. The van der Waals surface area contributed by atoms with Crippen LogP contribution in [0.5, 0.6) is 5.75 Å². The minimum Gasteiger partial charge on any atom is -0.493 e. The van der Waals surface area contributed by atoms with Crippen molar-refractivity contribution in [2.24, 2.45) is 0 Å². The average Bonchev–Trinajstić information content (AvgIpc) is 2.39. The Morgan fingerprint density at radius 2 is 1.94 bits per heavy atom. The van der Waals surface area contributed by atoms with Crippen LogP contribution in [-0.2, 0) is 6.42 Å². The standard InChI is InChI=1S/C15H13BrO2/c16-14-5-1-3-12(9-14)7-8-18-15-6-2-4-13(10-15)11-17/h1-6,9-11H,7-8H2. The van der Waals surface area contributed by atoms with Crippen LogP contribution in [0.3, 0.4) is 0 Å². The summed E-state index contributed by atoms with van der Waals surface area (Å²) in [5.74, 6) is 0.731. The van der Waals surface area contributed by atoms with Crippen LogP contribution in [0.1, 0.15) is 15.9 Å². The molecule has 0 saturated carbocycles. The predicted octanol–water partition coefficient (Wildman–Crippen LogP) is 3.88. The maximum Gasteiger partial charge on any atom is 0.150 e. The number of hydrogen-bond donors (Lipinski definition) is 0. The minimum absolute atomic E-state index is 0.596. The molecule has 2 aromatic carbocycles. The molecule has 18 heavy (non-hydrogen) atoms. The predicted molar refractivity (Wildman–Crippen MR) is 75.2 cm³/mol. The normalized spacial score (nSPS) is 10.1. The second kappa shape index (κ2) is 6.36. The van der Waals surface area contributed by atoms with Gasteiger partial charge in [-0.3, -0.25) is 4.79 Å². The summed E-state index contributed by atoms with van der Waals surface area (Å²) in [5.41, 5.74) is 1.85. The van der Waals surface area contributed by atoms with Gasteiger partial charge in [0.1, 0.15) is 12.0 Å². The van der Waals surface area contributed by atoms with Crippen LogP contribution < -0.4 is 4.74 Å². The van der Waals surface area contributed by atoms with E-state index in [-0.39, 0.29) is 0 Å². The van der Waals surface area contributed by atoms with Gasteiger partial charge in [0.15, 0.2) is 0 Å². The fraction of sp³-hybridized carbons (Fsp3) is 0.133. The molecule has 0 aliphatic carbocycles. The lowest BCUT2D eigenvalue weighted by Crippen LogP contribution is -2.01. The Morgan fingerprint density at radius 3 is 2.72 bits per heavy atom. The fourth-order valence-corrected chi connectivity index (χ4v) is 2.10. The van der Waals surface area contributed by atoms with Gasteiger partial charge in [0.25, 0.3) is 0 Å². The van der Waals surface area contributed by atoms with E-state index in [9.17, 15) is 4.79 Å². The summed E-state index contributed by atoms with van der Waals surface area (Å²) in [6.45, 7) is 0.596. The van der Waals surface area contributed by atoms with Gasteiger partial charge in [-0.05, 0) is 29.8 Å². The minimum atomic E-state index is 0.596. The van der Waals surface area contributed by atoms with Crippen molar-refractivity contribution in [3.8, 4) is 5.75 Å². The Hall–Kier alpha value is -1.61. The molecule has 0 fully saturated rings. The Bertz CT molecular complexity index is 538. The molecular weight excluding hydrogens is 292 g/mol. The van der Waals surface area contributed by atoms with Crippen molar-refractivity contribution in [3.05, 3.63) is 64.1 Å². The molecule has 0 aliphatic heterocycles. The van der Waals surface area contributed by atoms with Gasteiger partial charge >= 0.3 is 0 Å². The maximum atomic E-state index is 10.6. The van der Waals surface area contributed by atoms with Crippen LogP contribution in [0.15, 0.2) is 53.0 Å². The van der Waals surface area contributed by atoms with E-state index in [1.807, 2.05) is 24.3 Å². The van der Waals surface area contributed by atoms with Crippen molar-refractivity contribution in [3.63, 3.8) is 0 Å². The summed E-state index contributed by atoms with van der Waals surface area (Å²) in [5, 5.41) is 0. The molecular formula is C15H13BrO2. The monoisotopic (exact) mass is 304 g/mol. The first-order valence-electron chi connectivity index (χ1n) is 5.70. The summed E-state index contributed by atoms with van der Waals surface area (Å²) in [6, 6.07) is 15.3. The zero-order valence-electron chi connectivity index (χ0n) is 9.80. The Kier molecular flexibility index (Phi) is 4.53. The van der Waals surface area contributed by atoms with Crippen molar-refractivity contribution in [2.75, 3.05) is 6.61 Å². The smallest absolute Gasteiger partial charge is 0.150 e. The van der Waals surface area contributed by atoms with E-state index >= 15 is 0 Å². The summed E-state index contributed by atoms with van der Waals surface area (Å²) < 4.78 is 6.69. The summed E-state index contributed by atoms with van der Waals surface area (Å²) in [6.07, 6.45) is 1.66. The molecule has 2 aromatic rings. The summed E-state index contributed by atoms with van der Waals surface area (Å²) in [7, 11) is 0. The molecule has 0 atom stereocenters. The van der Waals surface area contributed by atoms with Crippen LogP contribution in [0.2, 0.25) is 0 Å². The first kappa shape index (κ1) is 12.8. The van der Waals surface area contributed by atoms with E-state index in [2.05, 4.69) is 28.1 Å². The molecule has 0 amide bonds. The molecule has 2 rings (SSSR count). The van der Waals surface area contributed by atoms with Crippen LogP contribution in [0, 0.1) is 0 Å². The zero-order chi connectivity index (χ0) is 12.8. The molecule has 2 nitrogen and oxygen atoms in total. The number of benzene rings is 2. The number of carbonyl (C=O) groups is 1. The average molecular weight is 305 g/mol. The molecule has 0 spiro atoms. The quantitative estimate of drug-likeness (QED) is 0.784.